The number of carbonyl (C=O) groups excluding carboxylic acids is 4. The summed E-state index contributed by atoms with van der Waals surface area (Å²) in [5, 5.41) is 2.75. The fourth-order valence-corrected chi connectivity index (χ4v) is 4.45. The number of aryl methyl sites for hydroxylation is 1. The number of fused-ring (bicyclic) bond motifs is 1. The minimum absolute atomic E-state index is 0.420. The summed E-state index contributed by atoms with van der Waals surface area (Å²) >= 11 is 0. The van der Waals surface area contributed by atoms with Gasteiger partial charge in [-0.2, -0.15) is 0 Å². The normalized spacial score (nSPS) is 25.4. The lowest BCUT2D eigenvalue weighted by atomic mass is 9.86. The smallest absolute Gasteiger partial charge is 0.323 e. The number of anilines is 1. The van der Waals surface area contributed by atoms with Gasteiger partial charge in [0.15, 0.2) is 0 Å². The molecule has 3 N–H and O–H groups in total. The van der Waals surface area contributed by atoms with E-state index in [0.29, 0.717) is 11.3 Å². The molecule has 2 aliphatic rings. The highest BCUT2D eigenvalue weighted by Crippen LogP contribution is 2.49. The quantitative estimate of drug-likeness (QED) is 0.755. The number of amides is 5. The van der Waals surface area contributed by atoms with Crippen molar-refractivity contribution in [1.29, 1.82) is 0 Å². The van der Waals surface area contributed by atoms with E-state index in [0.717, 1.165) is 10.5 Å². The molecule has 5 amide bonds. The molecule has 2 heterocycles. The zero-order valence-corrected chi connectivity index (χ0v) is 16.6. The topological polar surface area (TPSA) is 113 Å². The molecule has 0 aliphatic carbocycles. The van der Waals surface area contributed by atoms with Crippen LogP contribution in [0.2, 0.25) is 0 Å². The summed E-state index contributed by atoms with van der Waals surface area (Å²) in [6, 6.07) is 13.5. The Morgan fingerprint density at radius 1 is 0.933 bits per heavy atom. The molecule has 0 bridgehead atoms. The summed E-state index contributed by atoms with van der Waals surface area (Å²) in [6.07, 6.45) is 0. The molecule has 4 rings (SSSR count). The summed E-state index contributed by atoms with van der Waals surface area (Å²) in [7, 11) is 1.39. The van der Waals surface area contributed by atoms with Gasteiger partial charge in [0.05, 0.1) is 17.9 Å². The number of imide groups is 1. The third kappa shape index (κ3) is 3.01. The number of nitrogens with one attached hydrogen (secondary N) is 1. The number of rotatable bonds is 3. The highest BCUT2D eigenvalue weighted by molar-refractivity contribution is 6.10. The molecule has 0 spiro atoms. The van der Waals surface area contributed by atoms with Gasteiger partial charge in [0.1, 0.15) is 6.04 Å². The lowest BCUT2D eigenvalue weighted by Crippen LogP contribution is -2.51. The van der Waals surface area contributed by atoms with E-state index in [9.17, 15) is 19.2 Å². The number of primary amides is 1. The van der Waals surface area contributed by atoms with Crippen molar-refractivity contribution in [3.63, 3.8) is 0 Å². The van der Waals surface area contributed by atoms with E-state index in [1.165, 1.54) is 11.9 Å². The van der Waals surface area contributed by atoms with Crippen molar-refractivity contribution in [2.24, 2.45) is 17.6 Å². The summed E-state index contributed by atoms with van der Waals surface area (Å²) in [4.78, 5) is 53.7. The highest BCUT2D eigenvalue weighted by Gasteiger charge is 2.64. The zero-order chi connectivity index (χ0) is 21.6. The fourth-order valence-electron chi connectivity index (χ4n) is 4.45. The summed E-state index contributed by atoms with van der Waals surface area (Å²) < 4.78 is 0. The van der Waals surface area contributed by atoms with Gasteiger partial charge in [-0.1, -0.05) is 48.0 Å². The van der Waals surface area contributed by atoms with Crippen molar-refractivity contribution in [2.45, 2.75) is 19.0 Å². The summed E-state index contributed by atoms with van der Waals surface area (Å²) in [5.74, 6) is -3.62. The molecular formula is C22H22N4O4. The molecule has 2 aromatic rings. The van der Waals surface area contributed by atoms with Gasteiger partial charge in [0.25, 0.3) is 0 Å². The number of nitrogens with two attached hydrogens (primary N) is 1. The van der Waals surface area contributed by atoms with Crippen LogP contribution < -0.4 is 11.1 Å². The van der Waals surface area contributed by atoms with Crippen LogP contribution in [0, 0.1) is 18.8 Å². The Labute approximate surface area is 173 Å². The van der Waals surface area contributed by atoms with Crippen molar-refractivity contribution < 1.29 is 19.2 Å². The average Bonchev–Trinajstić information content (AvgIpc) is 3.19. The Balaban J connectivity index is 1.82. The third-order valence-electron chi connectivity index (χ3n) is 5.87. The second kappa shape index (κ2) is 7.29. The summed E-state index contributed by atoms with van der Waals surface area (Å²) in [5.41, 5.74) is 7.85. The molecule has 8 nitrogen and oxygen atoms in total. The molecule has 2 fully saturated rings. The first-order chi connectivity index (χ1) is 14.3. The van der Waals surface area contributed by atoms with Crippen LogP contribution in [-0.4, -0.2) is 46.6 Å². The van der Waals surface area contributed by atoms with E-state index in [1.54, 1.807) is 36.4 Å². The van der Waals surface area contributed by atoms with Gasteiger partial charge in [-0.25, -0.2) is 4.79 Å². The van der Waals surface area contributed by atoms with E-state index in [4.69, 9.17) is 5.73 Å². The van der Waals surface area contributed by atoms with E-state index in [2.05, 4.69) is 5.32 Å². The van der Waals surface area contributed by atoms with Gasteiger partial charge in [-0.15, -0.1) is 0 Å². The van der Waals surface area contributed by atoms with E-state index in [-0.39, 0.29) is 0 Å². The van der Waals surface area contributed by atoms with Crippen molar-refractivity contribution in [2.75, 3.05) is 12.4 Å². The van der Waals surface area contributed by atoms with Crippen molar-refractivity contribution >= 4 is 29.4 Å². The number of carbonyl (C=O) groups is 4. The molecular weight excluding hydrogens is 384 g/mol. The Kier molecular flexibility index (Phi) is 4.77. The Hall–Kier alpha value is -3.68. The number of nitrogens with zero attached hydrogens (tertiary/aromatic N) is 2. The minimum Gasteiger partial charge on any atom is -0.368 e. The molecule has 0 saturated carbocycles. The van der Waals surface area contributed by atoms with Crippen LogP contribution in [0.15, 0.2) is 54.6 Å². The minimum atomic E-state index is -1.23. The first-order valence-corrected chi connectivity index (χ1v) is 9.63. The highest BCUT2D eigenvalue weighted by atomic mass is 16.2. The maximum atomic E-state index is 13.3. The van der Waals surface area contributed by atoms with Crippen molar-refractivity contribution in [3.05, 3.63) is 65.7 Å². The predicted molar refractivity (Wildman–Crippen MR) is 109 cm³/mol. The number of para-hydroxylation sites is 1. The van der Waals surface area contributed by atoms with E-state index in [1.807, 2.05) is 25.1 Å². The molecule has 4 atom stereocenters. The Bertz CT molecular complexity index is 1020. The summed E-state index contributed by atoms with van der Waals surface area (Å²) in [6.45, 7) is 1.92. The van der Waals surface area contributed by atoms with Crippen LogP contribution in [-0.2, 0) is 14.4 Å². The monoisotopic (exact) mass is 406 g/mol. The van der Waals surface area contributed by atoms with Crippen LogP contribution in [0.1, 0.15) is 17.2 Å². The number of likely N-dealkylation sites (tertiary alicyclic amines) is 2. The second-order valence-corrected chi connectivity index (χ2v) is 7.69. The number of benzene rings is 2. The maximum absolute atomic E-state index is 13.3. The van der Waals surface area contributed by atoms with Gasteiger partial charge in [-0.05, 0) is 24.6 Å². The van der Waals surface area contributed by atoms with Gasteiger partial charge in [-0.3, -0.25) is 19.3 Å². The molecule has 30 heavy (non-hydrogen) atoms. The van der Waals surface area contributed by atoms with Crippen LogP contribution in [0.25, 0.3) is 0 Å². The lowest BCUT2D eigenvalue weighted by Gasteiger charge is -2.32. The molecule has 8 heteroatoms. The molecule has 154 valence electrons. The molecule has 0 radical (unpaired) electrons. The largest absolute Gasteiger partial charge is 0.368 e. The number of hydrogen-bond acceptors (Lipinski definition) is 4. The second-order valence-electron chi connectivity index (χ2n) is 7.69. The average molecular weight is 406 g/mol. The van der Waals surface area contributed by atoms with Gasteiger partial charge >= 0.3 is 6.03 Å². The van der Waals surface area contributed by atoms with Gasteiger partial charge in [0, 0.05) is 12.7 Å². The standard InChI is InChI=1S/C22H22N4O4/c1-12-8-10-13(11-9-12)17-15-16(21(29)25(2)20(15)28)18(19(23)27)26(17)22(30)24-14-6-4-3-5-7-14/h3-11,15-18H,1-2H3,(H2,23,27)(H,24,30). The Morgan fingerprint density at radius 2 is 1.53 bits per heavy atom. The van der Waals surface area contributed by atoms with Crippen LogP contribution >= 0.6 is 0 Å². The van der Waals surface area contributed by atoms with Gasteiger partial charge in [0.2, 0.25) is 17.7 Å². The predicted octanol–water partition coefficient (Wildman–Crippen LogP) is 1.67. The van der Waals surface area contributed by atoms with Crippen LogP contribution in [0.3, 0.4) is 0 Å². The first kappa shape index (κ1) is 19.6. The number of urea groups is 1. The molecule has 2 saturated heterocycles. The third-order valence-corrected chi connectivity index (χ3v) is 5.87. The maximum Gasteiger partial charge on any atom is 0.323 e. The first-order valence-electron chi connectivity index (χ1n) is 9.63. The molecule has 0 aromatic heterocycles. The van der Waals surface area contributed by atoms with E-state index >= 15 is 0 Å². The van der Waals surface area contributed by atoms with E-state index < -0.39 is 47.7 Å². The van der Waals surface area contributed by atoms with Crippen molar-refractivity contribution in [3.8, 4) is 0 Å². The van der Waals surface area contributed by atoms with Crippen LogP contribution in [0.4, 0.5) is 10.5 Å². The SMILES string of the molecule is Cc1ccc(C2C3C(=O)N(C)C(=O)C3C(C(N)=O)N2C(=O)Nc2ccccc2)cc1. The van der Waals surface area contributed by atoms with Crippen molar-refractivity contribution in [1.82, 2.24) is 9.80 Å². The number of hydrogen-bond donors (Lipinski definition) is 2. The van der Waals surface area contributed by atoms with Crippen LogP contribution in [0.5, 0.6) is 0 Å². The molecule has 2 aromatic carbocycles. The Morgan fingerprint density at radius 3 is 2.13 bits per heavy atom. The fraction of sp³-hybridized carbons (Fsp3) is 0.273. The zero-order valence-electron chi connectivity index (χ0n) is 16.6. The lowest BCUT2D eigenvalue weighted by molar-refractivity contribution is -0.141. The molecule has 4 unspecified atom stereocenters. The molecule has 2 aliphatic heterocycles. The van der Waals surface area contributed by atoms with Gasteiger partial charge < -0.3 is 16.0 Å².